The van der Waals surface area contributed by atoms with Crippen LogP contribution in [0.2, 0.25) is 0 Å². The van der Waals surface area contributed by atoms with Crippen LogP contribution in [0.1, 0.15) is 6.92 Å². The highest BCUT2D eigenvalue weighted by molar-refractivity contribution is 5.74. The first-order valence-corrected chi connectivity index (χ1v) is 4.34. The van der Waals surface area contributed by atoms with E-state index < -0.39 is 17.9 Å². The number of esters is 1. The van der Waals surface area contributed by atoms with Crippen LogP contribution in [0.15, 0.2) is 18.2 Å². The minimum absolute atomic E-state index is 0.0258. The van der Waals surface area contributed by atoms with Gasteiger partial charge in [0.25, 0.3) is 0 Å². The van der Waals surface area contributed by atoms with E-state index in [-0.39, 0.29) is 5.75 Å². The van der Waals surface area contributed by atoms with E-state index in [4.69, 9.17) is 10.5 Å². The van der Waals surface area contributed by atoms with Gasteiger partial charge in [-0.05, 0) is 19.1 Å². The summed E-state index contributed by atoms with van der Waals surface area (Å²) < 4.78 is 22.7. The van der Waals surface area contributed by atoms with Gasteiger partial charge in [-0.1, -0.05) is 0 Å². The Balaban J connectivity index is 2.76. The summed E-state index contributed by atoms with van der Waals surface area (Å²) in [5, 5.41) is 0. The fourth-order valence-electron chi connectivity index (χ4n) is 1.02. The SMILES string of the molecule is COC(=O)[C@@H](C)Oc1ccc(N)cc1F. The summed E-state index contributed by atoms with van der Waals surface area (Å²) in [7, 11) is 1.24. The molecule has 0 fully saturated rings. The van der Waals surface area contributed by atoms with Gasteiger partial charge < -0.3 is 15.2 Å². The second-order valence-corrected chi connectivity index (χ2v) is 2.97. The first-order valence-electron chi connectivity index (χ1n) is 4.34. The van der Waals surface area contributed by atoms with Crippen molar-refractivity contribution in [2.45, 2.75) is 13.0 Å². The Morgan fingerprint density at radius 3 is 2.73 bits per heavy atom. The first kappa shape index (κ1) is 11.3. The average molecular weight is 213 g/mol. The van der Waals surface area contributed by atoms with Crippen molar-refractivity contribution in [2.75, 3.05) is 12.8 Å². The zero-order chi connectivity index (χ0) is 11.4. The van der Waals surface area contributed by atoms with Crippen LogP contribution in [-0.4, -0.2) is 19.2 Å². The number of benzene rings is 1. The number of methoxy groups -OCH3 is 1. The summed E-state index contributed by atoms with van der Waals surface area (Å²) in [6.07, 6.45) is -0.854. The molecule has 15 heavy (non-hydrogen) atoms. The normalized spacial score (nSPS) is 11.9. The third-order valence-corrected chi connectivity index (χ3v) is 1.79. The number of anilines is 1. The number of ether oxygens (including phenoxy) is 2. The number of nitrogens with two attached hydrogens (primary N) is 1. The quantitative estimate of drug-likeness (QED) is 0.608. The average Bonchev–Trinajstić information content (AvgIpc) is 2.20. The van der Waals surface area contributed by atoms with Gasteiger partial charge in [0, 0.05) is 11.8 Å². The summed E-state index contributed by atoms with van der Waals surface area (Å²) >= 11 is 0. The maximum atomic E-state index is 13.2. The molecule has 1 rings (SSSR count). The Morgan fingerprint density at radius 1 is 1.53 bits per heavy atom. The largest absolute Gasteiger partial charge is 0.476 e. The van der Waals surface area contributed by atoms with E-state index >= 15 is 0 Å². The van der Waals surface area contributed by atoms with Crippen molar-refractivity contribution in [1.82, 2.24) is 0 Å². The number of halogens is 1. The zero-order valence-electron chi connectivity index (χ0n) is 8.49. The summed E-state index contributed by atoms with van der Waals surface area (Å²) in [4.78, 5) is 11.0. The number of carbonyl (C=O) groups excluding carboxylic acids is 1. The number of nitrogen functional groups attached to an aromatic ring is 1. The highest BCUT2D eigenvalue weighted by atomic mass is 19.1. The molecule has 82 valence electrons. The van der Waals surface area contributed by atoms with Gasteiger partial charge in [-0.25, -0.2) is 9.18 Å². The molecule has 0 saturated heterocycles. The molecule has 5 heteroatoms. The molecule has 0 aromatic heterocycles. The zero-order valence-corrected chi connectivity index (χ0v) is 8.49. The predicted molar refractivity (Wildman–Crippen MR) is 52.9 cm³/mol. The topological polar surface area (TPSA) is 61.5 Å². The van der Waals surface area contributed by atoms with Gasteiger partial charge in [0.15, 0.2) is 17.7 Å². The van der Waals surface area contributed by atoms with E-state index in [1.807, 2.05) is 0 Å². The van der Waals surface area contributed by atoms with Crippen LogP contribution < -0.4 is 10.5 Å². The van der Waals surface area contributed by atoms with Gasteiger partial charge in [0.1, 0.15) is 0 Å². The number of rotatable bonds is 3. The van der Waals surface area contributed by atoms with Crippen molar-refractivity contribution < 1.29 is 18.7 Å². The lowest BCUT2D eigenvalue weighted by Gasteiger charge is -2.12. The van der Waals surface area contributed by atoms with Crippen LogP contribution in [0.4, 0.5) is 10.1 Å². The van der Waals surface area contributed by atoms with Gasteiger partial charge >= 0.3 is 5.97 Å². The molecule has 1 aromatic carbocycles. The van der Waals surface area contributed by atoms with Crippen molar-refractivity contribution >= 4 is 11.7 Å². The Bertz CT molecular complexity index is 368. The lowest BCUT2D eigenvalue weighted by Crippen LogP contribution is -2.25. The van der Waals surface area contributed by atoms with Crippen molar-refractivity contribution in [3.05, 3.63) is 24.0 Å². The Kier molecular flexibility index (Phi) is 3.49. The van der Waals surface area contributed by atoms with Crippen molar-refractivity contribution in [3.8, 4) is 5.75 Å². The molecule has 0 aliphatic heterocycles. The van der Waals surface area contributed by atoms with Crippen LogP contribution in [-0.2, 0) is 9.53 Å². The van der Waals surface area contributed by atoms with E-state index in [0.717, 1.165) is 6.07 Å². The van der Waals surface area contributed by atoms with Gasteiger partial charge in [-0.3, -0.25) is 0 Å². The van der Waals surface area contributed by atoms with Gasteiger partial charge in [-0.2, -0.15) is 0 Å². The summed E-state index contributed by atoms with van der Waals surface area (Å²) in [5.41, 5.74) is 5.65. The maximum Gasteiger partial charge on any atom is 0.346 e. The van der Waals surface area contributed by atoms with E-state index in [1.54, 1.807) is 0 Å². The van der Waals surface area contributed by atoms with Crippen LogP contribution in [0.3, 0.4) is 0 Å². The lowest BCUT2D eigenvalue weighted by molar-refractivity contribution is -0.148. The number of hydrogen-bond acceptors (Lipinski definition) is 4. The van der Waals surface area contributed by atoms with Crippen LogP contribution in [0.25, 0.3) is 0 Å². The van der Waals surface area contributed by atoms with Gasteiger partial charge in [-0.15, -0.1) is 0 Å². The molecule has 0 aliphatic carbocycles. The first-order chi connectivity index (χ1) is 7.04. The number of carbonyl (C=O) groups is 1. The molecule has 0 saturated carbocycles. The molecule has 1 aromatic rings. The highest BCUT2D eigenvalue weighted by Crippen LogP contribution is 2.20. The Morgan fingerprint density at radius 2 is 2.20 bits per heavy atom. The highest BCUT2D eigenvalue weighted by Gasteiger charge is 2.16. The van der Waals surface area contributed by atoms with Crippen molar-refractivity contribution in [2.24, 2.45) is 0 Å². The molecule has 4 nitrogen and oxygen atoms in total. The predicted octanol–water partition coefficient (Wildman–Crippen LogP) is 1.35. The number of hydrogen-bond donors (Lipinski definition) is 1. The smallest absolute Gasteiger partial charge is 0.346 e. The molecule has 0 unspecified atom stereocenters. The van der Waals surface area contributed by atoms with E-state index in [1.165, 1.54) is 26.2 Å². The summed E-state index contributed by atoms with van der Waals surface area (Å²) in [5.74, 6) is -1.20. The lowest BCUT2D eigenvalue weighted by atomic mass is 10.3. The van der Waals surface area contributed by atoms with Gasteiger partial charge in [0.2, 0.25) is 0 Å². The fraction of sp³-hybridized carbons (Fsp3) is 0.300. The van der Waals surface area contributed by atoms with Crippen LogP contribution in [0.5, 0.6) is 5.75 Å². The van der Waals surface area contributed by atoms with E-state index in [0.29, 0.717) is 5.69 Å². The maximum absolute atomic E-state index is 13.2. The van der Waals surface area contributed by atoms with E-state index in [2.05, 4.69) is 4.74 Å². The van der Waals surface area contributed by atoms with Gasteiger partial charge in [0.05, 0.1) is 7.11 Å². The Hall–Kier alpha value is -1.78. The molecule has 0 heterocycles. The van der Waals surface area contributed by atoms with Crippen molar-refractivity contribution in [1.29, 1.82) is 0 Å². The third-order valence-electron chi connectivity index (χ3n) is 1.79. The molecular weight excluding hydrogens is 201 g/mol. The third kappa shape index (κ3) is 2.83. The van der Waals surface area contributed by atoms with Crippen LogP contribution >= 0.6 is 0 Å². The Labute approximate surface area is 86.8 Å². The molecule has 0 spiro atoms. The molecule has 0 radical (unpaired) electrons. The van der Waals surface area contributed by atoms with Crippen LogP contribution in [0, 0.1) is 5.82 Å². The second-order valence-electron chi connectivity index (χ2n) is 2.97. The molecule has 2 N–H and O–H groups in total. The van der Waals surface area contributed by atoms with E-state index in [9.17, 15) is 9.18 Å². The molecular formula is C10H12FNO3. The summed E-state index contributed by atoms with van der Waals surface area (Å²) in [6.45, 7) is 1.47. The summed E-state index contributed by atoms with van der Waals surface area (Å²) in [6, 6.07) is 3.98. The monoisotopic (exact) mass is 213 g/mol. The molecule has 0 amide bonds. The molecule has 0 bridgehead atoms. The van der Waals surface area contributed by atoms with Crippen molar-refractivity contribution in [3.63, 3.8) is 0 Å². The minimum atomic E-state index is -0.854. The minimum Gasteiger partial charge on any atom is -0.476 e. The fourth-order valence-corrected chi connectivity index (χ4v) is 1.02. The standard InChI is InChI=1S/C10H12FNO3/c1-6(10(13)14-2)15-9-4-3-7(12)5-8(9)11/h3-6H,12H2,1-2H3/t6-/m1/s1. The second kappa shape index (κ2) is 4.63. The molecule has 0 aliphatic rings. The molecule has 1 atom stereocenters.